The van der Waals surface area contributed by atoms with Crippen molar-refractivity contribution < 1.29 is 9.90 Å². The van der Waals surface area contributed by atoms with Gasteiger partial charge in [-0.05, 0) is 40.5 Å². The average molecular weight is 249 g/mol. The highest BCUT2D eigenvalue weighted by atomic mass is 79.9. The topological polar surface area (TPSA) is 37.3 Å². The summed E-state index contributed by atoms with van der Waals surface area (Å²) < 4.78 is 0.715. The zero-order chi connectivity index (χ0) is 9.30. The molecule has 0 aromatic heterocycles. The summed E-state index contributed by atoms with van der Waals surface area (Å²) in [5, 5.41) is 9.16. The molecule has 12 heavy (non-hydrogen) atoms. The summed E-state index contributed by atoms with van der Waals surface area (Å²) in [6, 6.07) is 3.15. The van der Waals surface area contributed by atoms with Crippen molar-refractivity contribution in [3.05, 3.63) is 32.8 Å². The molecule has 0 amide bonds. The van der Waals surface area contributed by atoms with Crippen LogP contribution in [0, 0.1) is 6.92 Å². The highest BCUT2D eigenvalue weighted by Gasteiger charge is 2.10. The Kier molecular flexibility index (Phi) is 2.75. The lowest BCUT2D eigenvalue weighted by atomic mass is 10.1. The van der Waals surface area contributed by atoms with E-state index >= 15 is 0 Å². The van der Waals surface area contributed by atoms with Crippen LogP contribution in [0.3, 0.4) is 0 Å². The maximum atomic E-state index is 10.6. The molecule has 0 spiro atoms. The number of halogens is 2. The maximum Gasteiger partial charge on any atom is 0.336 e. The fourth-order valence-electron chi connectivity index (χ4n) is 0.884. The number of rotatable bonds is 1. The molecule has 0 saturated heterocycles. The SMILES string of the molecule is Cc1c(C(=O)O)ccc(Br)c1Cl. The Labute approximate surface area is 83.3 Å². The van der Waals surface area contributed by atoms with Gasteiger partial charge in [-0.25, -0.2) is 4.79 Å². The molecular weight excluding hydrogens is 243 g/mol. The van der Waals surface area contributed by atoms with Crippen molar-refractivity contribution in [2.45, 2.75) is 6.92 Å². The summed E-state index contributed by atoms with van der Waals surface area (Å²) >= 11 is 9.02. The molecule has 0 heterocycles. The van der Waals surface area contributed by atoms with E-state index in [4.69, 9.17) is 16.7 Å². The van der Waals surface area contributed by atoms with Crippen LogP contribution < -0.4 is 0 Å². The number of carboxylic acid groups (broad SMARTS) is 1. The van der Waals surface area contributed by atoms with Gasteiger partial charge in [-0.2, -0.15) is 0 Å². The van der Waals surface area contributed by atoms with E-state index < -0.39 is 5.97 Å². The summed E-state index contributed by atoms with van der Waals surface area (Å²) in [5.41, 5.74) is 0.821. The van der Waals surface area contributed by atoms with E-state index in [-0.39, 0.29) is 5.56 Å². The molecule has 1 rings (SSSR count). The van der Waals surface area contributed by atoms with Crippen molar-refractivity contribution >= 4 is 33.5 Å². The predicted molar refractivity (Wildman–Crippen MR) is 50.8 cm³/mol. The second kappa shape index (κ2) is 3.46. The van der Waals surface area contributed by atoms with Crippen molar-refractivity contribution in [1.29, 1.82) is 0 Å². The fraction of sp³-hybridized carbons (Fsp3) is 0.125. The van der Waals surface area contributed by atoms with Crippen molar-refractivity contribution in [2.24, 2.45) is 0 Å². The fourth-order valence-corrected chi connectivity index (χ4v) is 1.48. The Hall–Kier alpha value is -0.540. The molecule has 1 aromatic rings. The second-order valence-corrected chi connectivity index (χ2v) is 3.57. The zero-order valence-electron chi connectivity index (χ0n) is 6.27. The monoisotopic (exact) mass is 248 g/mol. The van der Waals surface area contributed by atoms with Crippen molar-refractivity contribution in [1.82, 2.24) is 0 Å². The third kappa shape index (κ3) is 1.62. The molecule has 0 aliphatic carbocycles. The number of hydrogen-bond acceptors (Lipinski definition) is 1. The average Bonchev–Trinajstić information content (AvgIpc) is 2.00. The van der Waals surface area contributed by atoms with E-state index in [0.717, 1.165) is 0 Å². The molecule has 0 atom stereocenters. The van der Waals surface area contributed by atoms with E-state index in [1.165, 1.54) is 6.07 Å². The molecule has 1 aromatic carbocycles. The van der Waals surface area contributed by atoms with Gasteiger partial charge in [-0.3, -0.25) is 0 Å². The largest absolute Gasteiger partial charge is 0.478 e. The van der Waals surface area contributed by atoms with Gasteiger partial charge in [0.2, 0.25) is 0 Å². The van der Waals surface area contributed by atoms with Crippen LogP contribution in [0.2, 0.25) is 5.02 Å². The van der Waals surface area contributed by atoms with Crippen LogP contribution in [0.4, 0.5) is 0 Å². The van der Waals surface area contributed by atoms with E-state index in [2.05, 4.69) is 15.9 Å². The number of hydrogen-bond donors (Lipinski definition) is 1. The van der Waals surface area contributed by atoms with Crippen molar-refractivity contribution in [3.63, 3.8) is 0 Å². The molecule has 0 unspecified atom stereocenters. The first-order valence-corrected chi connectivity index (χ1v) is 4.39. The van der Waals surface area contributed by atoms with Crippen LogP contribution in [0.15, 0.2) is 16.6 Å². The van der Waals surface area contributed by atoms with Crippen LogP contribution in [-0.2, 0) is 0 Å². The molecule has 0 saturated carbocycles. The molecule has 64 valence electrons. The minimum Gasteiger partial charge on any atom is -0.478 e. The third-order valence-electron chi connectivity index (χ3n) is 1.57. The number of carbonyl (C=O) groups is 1. The van der Waals surface area contributed by atoms with Gasteiger partial charge in [0, 0.05) is 4.47 Å². The van der Waals surface area contributed by atoms with Gasteiger partial charge in [0.05, 0.1) is 10.6 Å². The molecule has 0 aliphatic heterocycles. The molecule has 0 bridgehead atoms. The Balaban J connectivity index is 3.36. The molecule has 1 N–H and O–H groups in total. The smallest absolute Gasteiger partial charge is 0.336 e. The standard InChI is InChI=1S/C8H6BrClO2/c1-4-5(8(11)12)2-3-6(9)7(4)10/h2-3H,1H3,(H,11,12). The van der Waals surface area contributed by atoms with Crippen LogP contribution in [-0.4, -0.2) is 11.1 Å². The van der Waals surface area contributed by atoms with E-state index in [1.807, 2.05) is 0 Å². The number of benzene rings is 1. The minimum absolute atomic E-state index is 0.239. The Morgan fingerprint density at radius 3 is 2.67 bits per heavy atom. The highest BCUT2D eigenvalue weighted by Crippen LogP contribution is 2.28. The molecule has 0 fully saturated rings. The van der Waals surface area contributed by atoms with Gasteiger partial charge in [0.25, 0.3) is 0 Å². The molecule has 2 nitrogen and oxygen atoms in total. The van der Waals surface area contributed by atoms with Gasteiger partial charge in [-0.15, -0.1) is 0 Å². The molecule has 0 radical (unpaired) electrons. The first kappa shape index (κ1) is 9.55. The lowest BCUT2D eigenvalue weighted by Gasteiger charge is -2.03. The molecule has 0 aliphatic rings. The third-order valence-corrected chi connectivity index (χ3v) is 2.95. The summed E-state index contributed by atoms with van der Waals surface area (Å²) in [7, 11) is 0. The normalized spacial score (nSPS) is 9.92. The number of carboxylic acids is 1. The first-order valence-electron chi connectivity index (χ1n) is 3.22. The summed E-state index contributed by atoms with van der Waals surface area (Å²) in [5.74, 6) is -0.957. The Morgan fingerprint density at radius 2 is 2.17 bits per heavy atom. The highest BCUT2D eigenvalue weighted by molar-refractivity contribution is 9.10. The van der Waals surface area contributed by atoms with Gasteiger partial charge in [0.15, 0.2) is 0 Å². The van der Waals surface area contributed by atoms with E-state index in [9.17, 15) is 4.79 Å². The van der Waals surface area contributed by atoms with E-state index in [1.54, 1.807) is 13.0 Å². The van der Waals surface area contributed by atoms with Crippen molar-refractivity contribution in [2.75, 3.05) is 0 Å². The van der Waals surface area contributed by atoms with Crippen LogP contribution in [0.25, 0.3) is 0 Å². The lowest BCUT2D eigenvalue weighted by molar-refractivity contribution is 0.0696. The first-order chi connectivity index (χ1) is 5.54. The van der Waals surface area contributed by atoms with Gasteiger partial charge in [0.1, 0.15) is 0 Å². The van der Waals surface area contributed by atoms with Gasteiger partial charge < -0.3 is 5.11 Å². The molecule has 4 heteroatoms. The van der Waals surface area contributed by atoms with Crippen molar-refractivity contribution in [3.8, 4) is 0 Å². The summed E-state index contributed by atoms with van der Waals surface area (Å²) in [6.45, 7) is 1.68. The predicted octanol–water partition coefficient (Wildman–Crippen LogP) is 3.11. The Bertz CT molecular complexity index is 336. The van der Waals surface area contributed by atoms with Gasteiger partial charge in [-0.1, -0.05) is 11.6 Å². The van der Waals surface area contributed by atoms with Crippen LogP contribution >= 0.6 is 27.5 Å². The Morgan fingerprint density at radius 1 is 1.58 bits per heavy atom. The molecular formula is C8H6BrClO2. The van der Waals surface area contributed by atoms with Gasteiger partial charge >= 0.3 is 5.97 Å². The summed E-state index contributed by atoms with van der Waals surface area (Å²) in [6.07, 6.45) is 0. The minimum atomic E-state index is -0.957. The second-order valence-electron chi connectivity index (χ2n) is 2.34. The lowest BCUT2D eigenvalue weighted by Crippen LogP contribution is -1.99. The van der Waals surface area contributed by atoms with Crippen LogP contribution in [0.5, 0.6) is 0 Å². The zero-order valence-corrected chi connectivity index (χ0v) is 8.61. The quantitative estimate of drug-likeness (QED) is 0.830. The number of aromatic carboxylic acids is 1. The van der Waals surface area contributed by atoms with Crippen LogP contribution in [0.1, 0.15) is 15.9 Å². The maximum absolute atomic E-state index is 10.6. The van der Waals surface area contributed by atoms with E-state index in [0.29, 0.717) is 15.1 Å². The summed E-state index contributed by atoms with van der Waals surface area (Å²) in [4.78, 5) is 10.6.